The molecule has 6 heteroatoms. The van der Waals surface area contributed by atoms with E-state index in [2.05, 4.69) is 5.32 Å². The standard InChI is InChI=1S/C14H17NO5/c1-2-10(14(17)18)15-13(16)8-9-3-4-11-12(7-9)20-6-5-19-11/h3-4,7,10H,2,5-6,8H2,1H3,(H,15,16)(H,17,18). The molecule has 0 saturated heterocycles. The van der Waals surface area contributed by atoms with Crippen LogP contribution >= 0.6 is 0 Å². The van der Waals surface area contributed by atoms with Gasteiger partial charge in [0.2, 0.25) is 5.91 Å². The smallest absolute Gasteiger partial charge is 0.326 e. The zero-order chi connectivity index (χ0) is 14.5. The maximum absolute atomic E-state index is 11.8. The zero-order valence-corrected chi connectivity index (χ0v) is 11.2. The zero-order valence-electron chi connectivity index (χ0n) is 11.2. The number of carboxylic acids is 1. The lowest BCUT2D eigenvalue weighted by Crippen LogP contribution is -2.40. The van der Waals surface area contributed by atoms with Crippen LogP contribution in [0, 0.1) is 0 Å². The molecule has 1 unspecified atom stereocenters. The maximum Gasteiger partial charge on any atom is 0.326 e. The summed E-state index contributed by atoms with van der Waals surface area (Å²) in [5.74, 6) is -0.0665. The number of hydrogen-bond acceptors (Lipinski definition) is 4. The van der Waals surface area contributed by atoms with E-state index in [1.54, 1.807) is 25.1 Å². The second-order valence-corrected chi connectivity index (χ2v) is 4.52. The van der Waals surface area contributed by atoms with Crippen LogP contribution in [0.3, 0.4) is 0 Å². The van der Waals surface area contributed by atoms with E-state index < -0.39 is 12.0 Å². The van der Waals surface area contributed by atoms with Crippen molar-refractivity contribution in [3.63, 3.8) is 0 Å². The Balaban J connectivity index is 1.99. The first-order valence-electron chi connectivity index (χ1n) is 6.51. The molecular formula is C14H17NO5. The van der Waals surface area contributed by atoms with Gasteiger partial charge in [0.1, 0.15) is 19.3 Å². The Labute approximate surface area is 116 Å². The van der Waals surface area contributed by atoms with Crippen molar-refractivity contribution in [3.8, 4) is 11.5 Å². The molecule has 6 nitrogen and oxygen atoms in total. The van der Waals surface area contributed by atoms with Gasteiger partial charge in [-0.1, -0.05) is 13.0 Å². The van der Waals surface area contributed by atoms with E-state index >= 15 is 0 Å². The lowest BCUT2D eigenvalue weighted by atomic mass is 10.1. The van der Waals surface area contributed by atoms with Crippen LogP contribution in [0.15, 0.2) is 18.2 Å². The fourth-order valence-electron chi connectivity index (χ4n) is 1.97. The fraction of sp³-hybridized carbons (Fsp3) is 0.429. The van der Waals surface area contributed by atoms with Crippen molar-refractivity contribution >= 4 is 11.9 Å². The van der Waals surface area contributed by atoms with Crippen molar-refractivity contribution in [3.05, 3.63) is 23.8 Å². The molecule has 0 saturated carbocycles. The molecule has 0 bridgehead atoms. The number of ether oxygens (including phenoxy) is 2. The summed E-state index contributed by atoms with van der Waals surface area (Å²) in [6.45, 7) is 2.71. The summed E-state index contributed by atoms with van der Waals surface area (Å²) in [4.78, 5) is 22.7. The highest BCUT2D eigenvalue weighted by Gasteiger charge is 2.18. The van der Waals surface area contributed by atoms with Crippen molar-refractivity contribution in [1.82, 2.24) is 5.32 Å². The highest BCUT2D eigenvalue weighted by molar-refractivity contribution is 5.84. The Morgan fingerprint density at radius 2 is 2.00 bits per heavy atom. The number of carbonyl (C=O) groups is 2. The van der Waals surface area contributed by atoms with E-state index in [1.807, 2.05) is 0 Å². The first-order chi connectivity index (χ1) is 9.60. The molecule has 108 valence electrons. The average molecular weight is 279 g/mol. The van der Waals surface area contributed by atoms with Crippen LogP contribution in [-0.4, -0.2) is 36.2 Å². The molecular weight excluding hydrogens is 262 g/mol. The van der Waals surface area contributed by atoms with Gasteiger partial charge in [0.15, 0.2) is 11.5 Å². The van der Waals surface area contributed by atoms with E-state index in [9.17, 15) is 9.59 Å². The normalized spacial score (nSPS) is 14.4. The molecule has 1 aromatic rings. The van der Waals surface area contributed by atoms with Crippen LogP contribution in [0.25, 0.3) is 0 Å². The van der Waals surface area contributed by atoms with E-state index in [-0.39, 0.29) is 12.3 Å². The largest absolute Gasteiger partial charge is 0.486 e. The van der Waals surface area contributed by atoms with Gasteiger partial charge in [0.05, 0.1) is 6.42 Å². The predicted molar refractivity (Wildman–Crippen MR) is 71.0 cm³/mol. The van der Waals surface area contributed by atoms with Crippen LogP contribution in [0.4, 0.5) is 0 Å². The van der Waals surface area contributed by atoms with Crippen LogP contribution in [0.2, 0.25) is 0 Å². The summed E-state index contributed by atoms with van der Waals surface area (Å²) in [6.07, 6.45) is 0.461. The third-order valence-electron chi connectivity index (χ3n) is 3.01. The average Bonchev–Trinajstić information content (AvgIpc) is 2.44. The quantitative estimate of drug-likeness (QED) is 0.839. The minimum Gasteiger partial charge on any atom is -0.486 e. The van der Waals surface area contributed by atoms with Crippen LogP contribution in [0.5, 0.6) is 11.5 Å². The van der Waals surface area contributed by atoms with Gasteiger partial charge in [-0.05, 0) is 24.1 Å². The number of hydrogen-bond donors (Lipinski definition) is 2. The van der Waals surface area contributed by atoms with E-state index in [0.717, 1.165) is 5.56 Å². The van der Waals surface area contributed by atoms with E-state index in [4.69, 9.17) is 14.6 Å². The number of amides is 1. The summed E-state index contributed by atoms with van der Waals surface area (Å²) in [7, 11) is 0. The molecule has 1 atom stereocenters. The highest BCUT2D eigenvalue weighted by atomic mass is 16.6. The van der Waals surface area contributed by atoms with Crippen molar-refractivity contribution in [2.75, 3.05) is 13.2 Å². The van der Waals surface area contributed by atoms with Crippen molar-refractivity contribution < 1.29 is 24.2 Å². The number of fused-ring (bicyclic) bond motifs is 1. The molecule has 1 heterocycles. The first-order valence-corrected chi connectivity index (χ1v) is 6.51. The molecule has 1 amide bonds. The van der Waals surface area contributed by atoms with E-state index in [0.29, 0.717) is 31.1 Å². The van der Waals surface area contributed by atoms with Crippen molar-refractivity contribution in [1.29, 1.82) is 0 Å². The Hall–Kier alpha value is -2.24. The van der Waals surface area contributed by atoms with Crippen molar-refractivity contribution in [2.45, 2.75) is 25.8 Å². The lowest BCUT2D eigenvalue weighted by Gasteiger charge is -2.19. The Kier molecular flexibility index (Phi) is 4.45. The van der Waals surface area contributed by atoms with Crippen LogP contribution < -0.4 is 14.8 Å². The Morgan fingerprint density at radius 3 is 2.65 bits per heavy atom. The summed E-state index contributed by atoms with van der Waals surface area (Å²) >= 11 is 0. The number of carboxylic acid groups (broad SMARTS) is 1. The fourth-order valence-corrected chi connectivity index (χ4v) is 1.97. The molecule has 2 N–H and O–H groups in total. The lowest BCUT2D eigenvalue weighted by molar-refractivity contribution is -0.141. The summed E-state index contributed by atoms with van der Waals surface area (Å²) in [5.41, 5.74) is 0.756. The number of benzene rings is 1. The molecule has 2 rings (SSSR count). The van der Waals surface area contributed by atoms with Crippen LogP contribution in [-0.2, 0) is 16.0 Å². The second-order valence-electron chi connectivity index (χ2n) is 4.52. The molecule has 0 fully saturated rings. The van der Waals surface area contributed by atoms with Gasteiger partial charge in [-0.2, -0.15) is 0 Å². The Morgan fingerprint density at radius 1 is 1.30 bits per heavy atom. The molecule has 0 aromatic heterocycles. The van der Waals surface area contributed by atoms with E-state index in [1.165, 1.54) is 0 Å². The molecule has 1 aromatic carbocycles. The minimum absolute atomic E-state index is 0.112. The van der Waals surface area contributed by atoms with Crippen molar-refractivity contribution in [2.24, 2.45) is 0 Å². The summed E-state index contributed by atoms with van der Waals surface area (Å²) < 4.78 is 10.8. The van der Waals surface area contributed by atoms with Gasteiger partial charge in [-0.15, -0.1) is 0 Å². The molecule has 0 radical (unpaired) electrons. The summed E-state index contributed by atoms with van der Waals surface area (Å²) in [5, 5.41) is 11.4. The number of carbonyl (C=O) groups excluding carboxylic acids is 1. The SMILES string of the molecule is CCC(NC(=O)Cc1ccc2c(c1)OCCO2)C(=O)O. The molecule has 1 aliphatic heterocycles. The maximum atomic E-state index is 11.8. The number of aliphatic carboxylic acids is 1. The molecule has 0 spiro atoms. The van der Waals surface area contributed by atoms with Gasteiger partial charge < -0.3 is 19.9 Å². The number of rotatable bonds is 5. The number of nitrogens with one attached hydrogen (secondary N) is 1. The van der Waals surface area contributed by atoms with Gasteiger partial charge in [-0.25, -0.2) is 4.79 Å². The second kappa shape index (κ2) is 6.27. The molecule has 1 aliphatic rings. The first kappa shape index (κ1) is 14.2. The van der Waals surface area contributed by atoms with Crippen LogP contribution in [0.1, 0.15) is 18.9 Å². The topological polar surface area (TPSA) is 84.9 Å². The predicted octanol–water partition coefficient (Wildman–Crippen LogP) is 0.980. The molecule has 0 aliphatic carbocycles. The monoisotopic (exact) mass is 279 g/mol. The van der Waals surface area contributed by atoms with Gasteiger partial charge in [-0.3, -0.25) is 4.79 Å². The summed E-state index contributed by atoms with van der Waals surface area (Å²) in [6, 6.07) is 4.43. The van der Waals surface area contributed by atoms with Gasteiger partial charge in [0, 0.05) is 0 Å². The third kappa shape index (κ3) is 3.40. The molecule has 20 heavy (non-hydrogen) atoms. The van der Waals surface area contributed by atoms with Gasteiger partial charge >= 0.3 is 5.97 Å². The minimum atomic E-state index is -1.02. The third-order valence-corrected chi connectivity index (χ3v) is 3.01. The highest BCUT2D eigenvalue weighted by Crippen LogP contribution is 2.30. The van der Waals surface area contributed by atoms with Gasteiger partial charge in [0.25, 0.3) is 0 Å². The Bertz CT molecular complexity index is 514.